The molecule has 1 aliphatic heterocycles. The minimum Gasteiger partial charge on any atom is -0.387 e. The third kappa shape index (κ3) is 3.03. The summed E-state index contributed by atoms with van der Waals surface area (Å²) in [4.78, 5) is 14.6. The lowest BCUT2D eigenvalue weighted by atomic mass is 9.92. The van der Waals surface area contributed by atoms with Crippen molar-refractivity contribution in [1.29, 1.82) is 0 Å². The second-order valence-corrected chi connectivity index (χ2v) is 5.85. The van der Waals surface area contributed by atoms with E-state index in [2.05, 4.69) is 19.2 Å². The maximum absolute atomic E-state index is 12.7. The number of carbonyl (C=O) groups excluding carboxylic acids is 1. The highest BCUT2D eigenvalue weighted by atomic mass is 35.5. The summed E-state index contributed by atoms with van der Waals surface area (Å²) in [6.45, 7) is 5.20. The molecule has 0 radical (unpaired) electrons. The number of piperidine rings is 1. The number of halogens is 1. The van der Waals surface area contributed by atoms with Crippen LogP contribution in [0.2, 0.25) is 5.02 Å². The highest BCUT2D eigenvalue weighted by molar-refractivity contribution is 6.31. The molecule has 1 aromatic rings. The van der Waals surface area contributed by atoms with Crippen molar-refractivity contribution in [3.05, 3.63) is 28.8 Å². The smallest absolute Gasteiger partial charge is 0.256 e. The molecule has 3 nitrogen and oxygen atoms in total. The van der Waals surface area contributed by atoms with Crippen molar-refractivity contribution >= 4 is 23.2 Å². The minimum atomic E-state index is 0.0752. The number of hydrogen-bond donors (Lipinski definition) is 1. The van der Waals surface area contributed by atoms with E-state index in [1.807, 2.05) is 18.0 Å². The molecule has 0 spiro atoms. The van der Waals surface area contributed by atoms with Gasteiger partial charge in [-0.2, -0.15) is 0 Å². The van der Waals surface area contributed by atoms with Crippen molar-refractivity contribution in [2.24, 2.45) is 5.92 Å². The van der Waals surface area contributed by atoms with E-state index in [9.17, 15) is 4.79 Å². The van der Waals surface area contributed by atoms with Crippen molar-refractivity contribution in [1.82, 2.24) is 4.90 Å². The number of carbonyl (C=O) groups is 1. The Hall–Kier alpha value is -1.22. The van der Waals surface area contributed by atoms with Gasteiger partial charge in [-0.05, 0) is 43.9 Å². The molecule has 1 aromatic carbocycles. The molecular weight excluding hydrogens is 260 g/mol. The molecular formula is C15H21ClN2O. The third-order valence-corrected chi connectivity index (χ3v) is 4.12. The van der Waals surface area contributed by atoms with E-state index >= 15 is 0 Å². The second kappa shape index (κ2) is 5.83. The van der Waals surface area contributed by atoms with Crippen LogP contribution in [0, 0.1) is 5.92 Å². The number of anilines is 1. The van der Waals surface area contributed by atoms with Gasteiger partial charge >= 0.3 is 0 Å². The summed E-state index contributed by atoms with van der Waals surface area (Å²) in [7, 11) is 1.82. The average Bonchev–Trinajstić information content (AvgIpc) is 2.38. The highest BCUT2D eigenvalue weighted by Crippen LogP contribution is 2.27. The number of hydrogen-bond acceptors (Lipinski definition) is 2. The Morgan fingerprint density at radius 3 is 2.79 bits per heavy atom. The predicted molar refractivity (Wildman–Crippen MR) is 79.9 cm³/mol. The Labute approximate surface area is 119 Å². The van der Waals surface area contributed by atoms with Crippen molar-refractivity contribution in [2.75, 3.05) is 18.9 Å². The molecule has 0 aliphatic carbocycles. The lowest BCUT2D eigenvalue weighted by molar-refractivity contribution is 0.0589. The zero-order valence-corrected chi connectivity index (χ0v) is 12.5. The van der Waals surface area contributed by atoms with E-state index in [1.54, 1.807) is 12.1 Å². The normalized spacial score (nSPS) is 23.3. The minimum absolute atomic E-state index is 0.0752. The first-order valence-electron chi connectivity index (χ1n) is 6.81. The van der Waals surface area contributed by atoms with Crippen LogP contribution in [-0.4, -0.2) is 30.4 Å². The summed E-state index contributed by atoms with van der Waals surface area (Å²) in [6, 6.07) is 5.69. The molecule has 2 atom stereocenters. The monoisotopic (exact) mass is 280 g/mol. The summed E-state index contributed by atoms with van der Waals surface area (Å²) in [5.41, 5.74) is 1.50. The Morgan fingerprint density at radius 1 is 1.42 bits per heavy atom. The van der Waals surface area contributed by atoms with E-state index in [0.29, 0.717) is 22.5 Å². The van der Waals surface area contributed by atoms with Crippen molar-refractivity contribution in [2.45, 2.75) is 32.7 Å². The van der Waals surface area contributed by atoms with Gasteiger partial charge in [-0.25, -0.2) is 0 Å². The molecule has 1 aliphatic rings. The van der Waals surface area contributed by atoms with E-state index < -0.39 is 0 Å². The van der Waals surface area contributed by atoms with Crippen molar-refractivity contribution < 1.29 is 4.79 Å². The van der Waals surface area contributed by atoms with Crippen LogP contribution < -0.4 is 5.32 Å². The lowest BCUT2D eigenvalue weighted by Crippen LogP contribution is -2.44. The fraction of sp³-hybridized carbons (Fsp3) is 0.533. The lowest BCUT2D eigenvalue weighted by Gasteiger charge is -2.37. The zero-order valence-electron chi connectivity index (χ0n) is 11.7. The van der Waals surface area contributed by atoms with Gasteiger partial charge in [0, 0.05) is 30.3 Å². The fourth-order valence-electron chi connectivity index (χ4n) is 2.78. The first-order chi connectivity index (χ1) is 9.02. The molecule has 1 heterocycles. The van der Waals surface area contributed by atoms with Gasteiger partial charge in [0.2, 0.25) is 0 Å². The molecule has 104 valence electrons. The summed E-state index contributed by atoms with van der Waals surface area (Å²) in [6.07, 6.45) is 2.15. The Bertz CT molecular complexity index is 475. The summed E-state index contributed by atoms with van der Waals surface area (Å²) in [5, 5.41) is 3.66. The van der Waals surface area contributed by atoms with Gasteiger partial charge in [-0.3, -0.25) is 4.79 Å². The van der Waals surface area contributed by atoms with Crippen molar-refractivity contribution in [3.63, 3.8) is 0 Å². The van der Waals surface area contributed by atoms with Gasteiger partial charge in [-0.1, -0.05) is 18.5 Å². The molecule has 4 heteroatoms. The van der Waals surface area contributed by atoms with Gasteiger partial charge in [0.15, 0.2) is 0 Å². The average molecular weight is 281 g/mol. The Morgan fingerprint density at radius 2 is 2.16 bits per heavy atom. The van der Waals surface area contributed by atoms with Crippen LogP contribution in [0.25, 0.3) is 0 Å². The molecule has 1 amide bonds. The number of amides is 1. The van der Waals surface area contributed by atoms with E-state index in [1.165, 1.54) is 0 Å². The molecule has 1 fully saturated rings. The van der Waals surface area contributed by atoms with Crippen molar-refractivity contribution in [3.8, 4) is 0 Å². The van der Waals surface area contributed by atoms with Gasteiger partial charge in [-0.15, -0.1) is 0 Å². The number of likely N-dealkylation sites (tertiary alicyclic amines) is 1. The molecule has 19 heavy (non-hydrogen) atoms. The third-order valence-electron chi connectivity index (χ3n) is 3.88. The second-order valence-electron chi connectivity index (χ2n) is 5.42. The summed E-state index contributed by atoms with van der Waals surface area (Å²) in [5.74, 6) is 0.772. The van der Waals surface area contributed by atoms with Crippen LogP contribution in [0.15, 0.2) is 18.2 Å². The maximum atomic E-state index is 12.7. The van der Waals surface area contributed by atoms with Crippen LogP contribution >= 0.6 is 11.6 Å². The molecule has 1 saturated heterocycles. The highest BCUT2D eigenvalue weighted by Gasteiger charge is 2.28. The van der Waals surface area contributed by atoms with Gasteiger partial charge in [0.1, 0.15) is 0 Å². The standard InChI is InChI=1S/C15H21ClN2O/c1-10-6-7-18(11(2)8-10)15(19)13-9-12(16)4-5-14(13)17-3/h4-5,9-11,17H,6-8H2,1-3H3. The van der Waals surface area contributed by atoms with Crippen LogP contribution in [0.5, 0.6) is 0 Å². The maximum Gasteiger partial charge on any atom is 0.256 e. The van der Waals surface area contributed by atoms with Gasteiger partial charge in [0.25, 0.3) is 5.91 Å². The van der Waals surface area contributed by atoms with E-state index in [-0.39, 0.29) is 5.91 Å². The van der Waals surface area contributed by atoms with Gasteiger partial charge < -0.3 is 10.2 Å². The summed E-state index contributed by atoms with van der Waals surface area (Å²) >= 11 is 6.02. The first kappa shape index (κ1) is 14.2. The Balaban J connectivity index is 2.26. The first-order valence-corrected chi connectivity index (χ1v) is 7.19. The molecule has 2 unspecified atom stereocenters. The molecule has 0 bridgehead atoms. The topological polar surface area (TPSA) is 32.3 Å². The SMILES string of the molecule is CNc1ccc(Cl)cc1C(=O)N1CCC(C)CC1C. The number of benzene rings is 1. The number of rotatable bonds is 2. The molecule has 1 N–H and O–H groups in total. The van der Waals surface area contributed by atoms with Crippen LogP contribution in [0.3, 0.4) is 0 Å². The molecule has 2 rings (SSSR count). The number of nitrogens with one attached hydrogen (secondary N) is 1. The van der Waals surface area contributed by atoms with Gasteiger partial charge in [0.05, 0.1) is 5.56 Å². The Kier molecular flexibility index (Phi) is 4.35. The molecule has 0 saturated carbocycles. The van der Waals surface area contributed by atoms with Crippen LogP contribution in [0.1, 0.15) is 37.0 Å². The van der Waals surface area contributed by atoms with Crippen LogP contribution in [0.4, 0.5) is 5.69 Å². The summed E-state index contributed by atoms with van der Waals surface area (Å²) < 4.78 is 0. The predicted octanol–water partition coefficient (Wildman–Crippen LogP) is 3.64. The zero-order chi connectivity index (χ0) is 14.0. The van der Waals surface area contributed by atoms with Crippen LogP contribution in [-0.2, 0) is 0 Å². The largest absolute Gasteiger partial charge is 0.387 e. The van der Waals surface area contributed by atoms with E-state index in [4.69, 9.17) is 11.6 Å². The fourth-order valence-corrected chi connectivity index (χ4v) is 2.95. The van der Waals surface area contributed by atoms with E-state index in [0.717, 1.165) is 25.1 Å². The molecule has 0 aromatic heterocycles. The number of nitrogens with zero attached hydrogens (tertiary/aromatic N) is 1. The quantitative estimate of drug-likeness (QED) is 0.897.